The summed E-state index contributed by atoms with van der Waals surface area (Å²) in [6.45, 7) is 3.23. The lowest BCUT2D eigenvalue weighted by Gasteiger charge is -2.26. The van der Waals surface area contributed by atoms with E-state index in [1.165, 1.54) is 12.1 Å². The quantitative estimate of drug-likeness (QED) is 0.782. The van der Waals surface area contributed by atoms with E-state index in [-0.39, 0.29) is 10.8 Å². The van der Waals surface area contributed by atoms with Gasteiger partial charge in [0.05, 0.1) is 10.6 Å². The van der Waals surface area contributed by atoms with E-state index in [2.05, 4.69) is 15.9 Å². The predicted octanol–water partition coefficient (Wildman–Crippen LogP) is 3.85. The summed E-state index contributed by atoms with van der Waals surface area (Å²) in [6, 6.07) is 13.1. The fraction of sp³-hybridized carbons (Fsp3) is 0.235. The fourth-order valence-electron chi connectivity index (χ4n) is 2.36. The van der Waals surface area contributed by atoms with Crippen molar-refractivity contribution in [1.29, 1.82) is 0 Å². The maximum atomic E-state index is 13.0. The Kier molecular flexibility index (Phi) is 5.66. The van der Waals surface area contributed by atoms with Gasteiger partial charge in [-0.3, -0.25) is 9.10 Å². The van der Waals surface area contributed by atoms with Crippen LogP contribution in [0.4, 0.5) is 5.69 Å². The van der Waals surface area contributed by atoms with Gasteiger partial charge in [0.1, 0.15) is 6.54 Å². The number of benzene rings is 2. The maximum Gasteiger partial charge on any atom is 0.324 e. The number of aliphatic carboxylic acids is 1. The van der Waals surface area contributed by atoms with Gasteiger partial charge in [-0.15, -0.1) is 0 Å². The molecular weight excluding hydrogens is 394 g/mol. The average Bonchev–Trinajstić information content (AvgIpc) is 2.52. The smallest absolute Gasteiger partial charge is 0.324 e. The van der Waals surface area contributed by atoms with E-state index in [1.54, 1.807) is 24.3 Å². The molecule has 7 heteroatoms. The fourth-order valence-corrected chi connectivity index (χ4v) is 4.06. The number of hydrogen-bond acceptors (Lipinski definition) is 3. The summed E-state index contributed by atoms with van der Waals surface area (Å²) in [7, 11) is -3.99. The zero-order valence-corrected chi connectivity index (χ0v) is 15.7. The molecule has 0 heterocycles. The maximum absolute atomic E-state index is 13.0. The first-order valence-corrected chi connectivity index (χ1v) is 9.56. The molecule has 24 heavy (non-hydrogen) atoms. The van der Waals surface area contributed by atoms with Gasteiger partial charge in [-0.05, 0) is 41.8 Å². The second-order valence-corrected chi connectivity index (χ2v) is 8.35. The highest BCUT2D eigenvalue weighted by molar-refractivity contribution is 9.10. The molecule has 1 N–H and O–H groups in total. The summed E-state index contributed by atoms with van der Waals surface area (Å²) in [5.74, 6) is -1.16. The number of halogens is 1. The second-order valence-electron chi connectivity index (χ2n) is 5.57. The minimum Gasteiger partial charge on any atom is -0.480 e. The van der Waals surface area contributed by atoms with Crippen molar-refractivity contribution in [1.82, 2.24) is 0 Å². The van der Waals surface area contributed by atoms with E-state index in [1.807, 2.05) is 26.0 Å². The van der Waals surface area contributed by atoms with E-state index in [0.717, 1.165) is 14.3 Å². The van der Waals surface area contributed by atoms with Crippen LogP contribution in [-0.2, 0) is 14.8 Å². The van der Waals surface area contributed by atoms with Crippen molar-refractivity contribution in [2.75, 3.05) is 10.8 Å². The van der Waals surface area contributed by atoms with E-state index in [0.29, 0.717) is 5.69 Å². The molecule has 0 fully saturated rings. The van der Waals surface area contributed by atoms with Gasteiger partial charge in [-0.1, -0.05) is 48.0 Å². The zero-order chi connectivity index (χ0) is 17.9. The van der Waals surface area contributed by atoms with Crippen LogP contribution in [0, 0.1) is 0 Å². The van der Waals surface area contributed by atoms with Crippen LogP contribution in [-0.4, -0.2) is 26.0 Å². The number of para-hydroxylation sites is 1. The number of carboxylic acids is 1. The molecule has 0 atom stereocenters. The van der Waals surface area contributed by atoms with Gasteiger partial charge in [0.2, 0.25) is 0 Å². The Morgan fingerprint density at radius 3 is 2.25 bits per heavy atom. The Bertz CT molecular complexity index is 832. The minimum absolute atomic E-state index is 0.0468. The molecule has 0 aliphatic rings. The lowest BCUT2D eigenvalue weighted by Crippen LogP contribution is -2.36. The van der Waals surface area contributed by atoms with Crippen LogP contribution in [0.1, 0.15) is 25.3 Å². The van der Waals surface area contributed by atoms with Crippen molar-refractivity contribution in [3.63, 3.8) is 0 Å². The number of carboxylic acid groups (broad SMARTS) is 1. The monoisotopic (exact) mass is 411 g/mol. The molecule has 0 radical (unpaired) electrons. The number of hydrogen-bond donors (Lipinski definition) is 1. The Hall–Kier alpha value is -1.86. The van der Waals surface area contributed by atoms with E-state index in [4.69, 9.17) is 0 Å². The average molecular weight is 412 g/mol. The first-order chi connectivity index (χ1) is 11.2. The Balaban J connectivity index is 2.61. The van der Waals surface area contributed by atoms with Crippen LogP contribution in [0.5, 0.6) is 0 Å². The lowest BCUT2D eigenvalue weighted by molar-refractivity contribution is -0.135. The SMILES string of the molecule is CC(C)c1ccccc1N(CC(=O)O)S(=O)(=O)c1ccc(Br)cc1. The third-order valence-electron chi connectivity index (χ3n) is 3.51. The van der Waals surface area contributed by atoms with Crippen LogP contribution < -0.4 is 4.31 Å². The van der Waals surface area contributed by atoms with Crippen LogP contribution in [0.3, 0.4) is 0 Å². The molecule has 2 aromatic carbocycles. The predicted molar refractivity (Wildman–Crippen MR) is 96.8 cm³/mol. The zero-order valence-electron chi connectivity index (χ0n) is 13.3. The number of sulfonamides is 1. The summed E-state index contributed by atoms with van der Waals surface area (Å²) in [5, 5.41) is 9.22. The summed E-state index contributed by atoms with van der Waals surface area (Å²) < 4.78 is 27.7. The van der Waals surface area contributed by atoms with Crippen LogP contribution in [0.15, 0.2) is 57.9 Å². The van der Waals surface area contributed by atoms with Crippen molar-refractivity contribution in [2.45, 2.75) is 24.7 Å². The Morgan fingerprint density at radius 1 is 1.12 bits per heavy atom. The molecule has 0 spiro atoms. The van der Waals surface area contributed by atoms with E-state index < -0.39 is 22.5 Å². The van der Waals surface area contributed by atoms with Gasteiger partial charge in [-0.2, -0.15) is 0 Å². The van der Waals surface area contributed by atoms with Gasteiger partial charge >= 0.3 is 5.97 Å². The highest BCUT2D eigenvalue weighted by Gasteiger charge is 2.29. The topological polar surface area (TPSA) is 74.7 Å². The van der Waals surface area contributed by atoms with Gasteiger partial charge in [-0.25, -0.2) is 8.42 Å². The molecule has 5 nitrogen and oxygen atoms in total. The van der Waals surface area contributed by atoms with Crippen molar-refractivity contribution in [3.05, 3.63) is 58.6 Å². The number of rotatable bonds is 6. The van der Waals surface area contributed by atoms with Crippen LogP contribution in [0.25, 0.3) is 0 Å². The molecule has 2 aromatic rings. The van der Waals surface area contributed by atoms with Crippen molar-refractivity contribution >= 4 is 37.6 Å². The number of carbonyl (C=O) groups is 1. The summed E-state index contributed by atoms with van der Waals surface area (Å²) in [5.41, 5.74) is 1.16. The van der Waals surface area contributed by atoms with Crippen LogP contribution >= 0.6 is 15.9 Å². The molecule has 0 amide bonds. The standard InChI is InChI=1S/C17H18BrNO4S/c1-12(2)15-5-3-4-6-16(15)19(11-17(20)21)24(22,23)14-9-7-13(18)8-10-14/h3-10,12H,11H2,1-2H3,(H,20,21). The largest absolute Gasteiger partial charge is 0.480 e. The number of nitrogens with zero attached hydrogens (tertiary/aromatic N) is 1. The number of anilines is 1. The molecule has 0 aliphatic heterocycles. The highest BCUT2D eigenvalue weighted by Crippen LogP contribution is 2.31. The molecule has 0 saturated heterocycles. The van der Waals surface area contributed by atoms with Gasteiger partial charge in [0.25, 0.3) is 10.0 Å². The van der Waals surface area contributed by atoms with Gasteiger partial charge in [0, 0.05) is 4.47 Å². The summed E-state index contributed by atoms with van der Waals surface area (Å²) >= 11 is 3.26. The molecule has 0 saturated carbocycles. The first-order valence-electron chi connectivity index (χ1n) is 7.32. The van der Waals surface area contributed by atoms with Crippen molar-refractivity contribution in [3.8, 4) is 0 Å². The van der Waals surface area contributed by atoms with Crippen molar-refractivity contribution in [2.24, 2.45) is 0 Å². The molecular formula is C17H18BrNO4S. The second kappa shape index (κ2) is 7.36. The molecule has 0 unspecified atom stereocenters. The van der Waals surface area contributed by atoms with Crippen LogP contribution in [0.2, 0.25) is 0 Å². The molecule has 0 aromatic heterocycles. The third kappa shape index (κ3) is 3.96. The molecule has 128 valence electrons. The van der Waals surface area contributed by atoms with E-state index in [9.17, 15) is 18.3 Å². The normalized spacial score (nSPS) is 11.5. The summed E-state index contributed by atoms with van der Waals surface area (Å²) in [6.07, 6.45) is 0. The summed E-state index contributed by atoms with van der Waals surface area (Å²) in [4.78, 5) is 11.3. The first kappa shape index (κ1) is 18.5. The Labute approximate surface area is 150 Å². The third-order valence-corrected chi connectivity index (χ3v) is 5.81. The van der Waals surface area contributed by atoms with Crippen molar-refractivity contribution < 1.29 is 18.3 Å². The lowest BCUT2D eigenvalue weighted by atomic mass is 10.0. The van der Waals surface area contributed by atoms with E-state index >= 15 is 0 Å². The molecule has 2 rings (SSSR count). The molecule has 0 bridgehead atoms. The van der Waals surface area contributed by atoms with Gasteiger partial charge < -0.3 is 5.11 Å². The molecule has 0 aliphatic carbocycles. The minimum atomic E-state index is -3.99. The Morgan fingerprint density at radius 2 is 1.71 bits per heavy atom. The highest BCUT2D eigenvalue weighted by atomic mass is 79.9. The van der Waals surface area contributed by atoms with Gasteiger partial charge in [0.15, 0.2) is 0 Å².